The molecule has 5 aromatic carbocycles. The van der Waals surface area contributed by atoms with Gasteiger partial charge in [0.2, 0.25) is 0 Å². The van der Waals surface area contributed by atoms with E-state index in [4.69, 9.17) is 14.0 Å². The lowest BCUT2D eigenvalue weighted by Gasteiger charge is -2.39. The monoisotopic (exact) mass is 508 g/mol. The Kier molecular flexibility index (Phi) is 4.51. The largest absolute Gasteiger partial charge is 0.494 e. The normalized spacial score (nSPS) is 21.3. The van der Waals surface area contributed by atoms with Crippen LogP contribution in [0.25, 0.3) is 21.9 Å². The third-order valence-electron chi connectivity index (χ3n) is 9.36. The Morgan fingerprint density at radius 1 is 0.513 bits per heavy atom. The van der Waals surface area contributed by atoms with Gasteiger partial charge in [-0.15, -0.1) is 0 Å². The first-order valence-corrected chi connectivity index (χ1v) is 13.7. The average Bonchev–Trinajstić information content (AvgIpc) is 3.34. The van der Waals surface area contributed by atoms with Crippen molar-refractivity contribution in [2.75, 3.05) is 0 Å². The molecule has 1 aliphatic carbocycles. The van der Waals surface area contributed by atoms with E-state index in [1.807, 2.05) is 0 Å². The fourth-order valence-electron chi connectivity index (χ4n) is 6.73. The summed E-state index contributed by atoms with van der Waals surface area (Å²) >= 11 is 0. The van der Waals surface area contributed by atoms with E-state index < -0.39 is 23.7 Å². The Labute approximate surface area is 229 Å². The quantitative estimate of drug-likeness (QED) is 0.214. The highest BCUT2D eigenvalue weighted by Gasteiger charge is 2.54. The molecular formula is C35H29BO3. The van der Waals surface area contributed by atoms with Gasteiger partial charge in [-0.1, -0.05) is 78.9 Å². The van der Waals surface area contributed by atoms with E-state index in [-0.39, 0.29) is 0 Å². The Morgan fingerprint density at radius 3 is 1.90 bits per heavy atom. The van der Waals surface area contributed by atoms with E-state index >= 15 is 0 Å². The SMILES string of the molecule is CC1(C)OB(c2ccc3c(c2)C2(c4ccccc4O3)c3ccccc3-c3cc4ccccc4cc32)OC1(C)C. The molecule has 0 amide bonds. The number of hydrogen-bond donors (Lipinski definition) is 0. The van der Waals surface area contributed by atoms with E-state index in [9.17, 15) is 0 Å². The van der Waals surface area contributed by atoms with E-state index in [0.717, 1.165) is 28.1 Å². The van der Waals surface area contributed by atoms with E-state index in [1.54, 1.807) is 0 Å². The summed E-state index contributed by atoms with van der Waals surface area (Å²) in [5, 5.41) is 2.48. The maximum atomic E-state index is 6.60. The predicted molar refractivity (Wildman–Crippen MR) is 157 cm³/mol. The summed E-state index contributed by atoms with van der Waals surface area (Å²) < 4.78 is 19.6. The van der Waals surface area contributed by atoms with Crippen molar-refractivity contribution in [1.29, 1.82) is 0 Å². The molecule has 0 bridgehead atoms. The summed E-state index contributed by atoms with van der Waals surface area (Å²) in [5.41, 5.74) is 7.01. The van der Waals surface area contributed by atoms with Gasteiger partial charge in [-0.05, 0) is 90.4 Å². The van der Waals surface area contributed by atoms with Gasteiger partial charge in [-0.3, -0.25) is 0 Å². The van der Waals surface area contributed by atoms with Crippen molar-refractivity contribution in [3.8, 4) is 22.6 Å². The van der Waals surface area contributed by atoms with Gasteiger partial charge in [0.25, 0.3) is 0 Å². The molecule has 1 unspecified atom stereocenters. The third-order valence-corrected chi connectivity index (χ3v) is 9.36. The predicted octanol–water partition coefficient (Wildman–Crippen LogP) is 7.61. The number of rotatable bonds is 1. The molecule has 5 aromatic rings. The van der Waals surface area contributed by atoms with Crippen molar-refractivity contribution in [2.45, 2.75) is 44.3 Å². The maximum absolute atomic E-state index is 6.60. The molecule has 1 saturated heterocycles. The molecule has 0 N–H and O–H groups in total. The van der Waals surface area contributed by atoms with Gasteiger partial charge in [0, 0.05) is 11.1 Å². The molecule has 8 rings (SSSR count). The highest BCUT2D eigenvalue weighted by atomic mass is 16.7. The van der Waals surface area contributed by atoms with Gasteiger partial charge in [0.1, 0.15) is 11.5 Å². The van der Waals surface area contributed by atoms with Crippen molar-refractivity contribution in [1.82, 2.24) is 0 Å². The van der Waals surface area contributed by atoms with Crippen LogP contribution in [0, 0.1) is 0 Å². The molecule has 0 radical (unpaired) electrons. The molecular weight excluding hydrogens is 479 g/mol. The molecule has 3 nitrogen and oxygen atoms in total. The van der Waals surface area contributed by atoms with Crippen LogP contribution in [0.2, 0.25) is 0 Å². The van der Waals surface area contributed by atoms with Crippen LogP contribution >= 0.6 is 0 Å². The van der Waals surface area contributed by atoms with Crippen molar-refractivity contribution in [3.63, 3.8) is 0 Å². The van der Waals surface area contributed by atoms with Crippen molar-refractivity contribution in [2.24, 2.45) is 0 Å². The Morgan fingerprint density at radius 2 is 1.13 bits per heavy atom. The van der Waals surface area contributed by atoms with Crippen LogP contribution in [0.5, 0.6) is 11.5 Å². The van der Waals surface area contributed by atoms with Crippen molar-refractivity contribution >= 4 is 23.4 Å². The molecule has 3 aliphatic rings. The van der Waals surface area contributed by atoms with Gasteiger partial charge in [-0.25, -0.2) is 0 Å². The Hall–Kier alpha value is -3.86. The summed E-state index contributed by atoms with van der Waals surface area (Å²) in [6.45, 7) is 8.39. The average molecular weight is 508 g/mol. The molecule has 2 heterocycles. The highest BCUT2D eigenvalue weighted by molar-refractivity contribution is 6.62. The van der Waals surface area contributed by atoms with Gasteiger partial charge in [0.05, 0.1) is 16.6 Å². The van der Waals surface area contributed by atoms with Crippen LogP contribution in [-0.4, -0.2) is 18.3 Å². The molecule has 1 atom stereocenters. The van der Waals surface area contributed by atoms with Crippen molar-refractivity contribution < 1.29 is 14.0 Å². The number of ether oxygens (including phenoxy) is 1. The summed E-state index contributed by atoms with van der Waals surface area (Å²) in [7, 11) is -0.456. The van der Waals surface area contributed by atoms with Crippen LogP contribution < -0.4 is 10.2 Å². The summed E-state index contributed by atoms with van der Waals surface area (Å²) in [5.74, 6) is 1.76. The second-order valence-corrected chi connectivity index (χ2v) is 12.0. The second-order valence-electron chi connectivity index (χ2n) is 12.0. The summed E-state index contributed by atoms with van der Waals surface area (Å²) in [4.78, 5) is 0. The van der Waals surface area contributed by atoms with E-state index in [2.05, 4.69) is 131 Å². The lowest BCUT2D eigenvalue weighted by Crippen LogP contribution is -2.41. The van der Waals surface area contributed by atoms with Gasteiger partial charge < -0.3 is 14.0 Å². The summed E-state index contributed by atoms with van der Waals surface area (Å²) in [6.07, 6.45) is 0. The smallest absolute Gasteiger partial charge is 0.457 e. The third kappa shape index (κ3) is 2.96. The topological polar surface area (TPSA) is 27.7 Å². The zero-order chi connectivity index (χ0) is 26.6. The highest BCUT2D eigenvalue weighted by Crippen LogP contribution is 2.62. The molecule has 0 saturated carbocycles. The molecule has 1 spiro atoms. The van der Waals surface area contributed by atoms with Crippen LogP contribution in [0.1, 0.15) is 49.9 Å². The zero-order valence-electron chi connectivity index (χ0n) is 22.6. The minimum atomic E-state index is -0.528. The second kappa shape index (κ2) is 7.62. The van der Waals surface area contributed by atoms with Crippen LogP contribution in [0.15, 0.2) is 103 Å². The van der Waals surface area contributed by atoms with Crippen LogP contribution in [0.3, 0.4) is 0 Å². The van der Waals surface area contributed by atoms with Gasteiger partial charge in [0.15, 0.2) is 0 Å². The minimum Gasteiger partial charge on any atom is -0.457 e. The van der Waals surface area contributed by atoms with E-state index in [0.29, 0.717) is 0 Å². The first-order valence-electron chi connectivity index (χ1n) is 13.7. The van der Waals surface area contributed by atoms with Crippen LogP contribution in [0.4, 0.5) is 0 Å². The Balaban J connectivity index is 1.46. The molecule has 39 heavy (non-hydrogen) atoms. The van der Waals surface area contributed by atoms with Crippen molar-refractivity contribution in [3.05, 3.63) is 125 Å². The minimum absolute atomic E-state index is 0.417. The standard InChI is InChI=1S/C35H29BO3/c1-33(2)34(3,4)39-36(38-33)24-17-18-32-30(21-24)35(28-15-9-10-16-31(28)37-32)27-14-8-7-13-25(27)26-19-22-11-5-6-12-23(22)20-29(26)35/h5-21H,1-4H3. The van der Waals surface area contributed by atoms with Gasteiger partial charge >= 0.3 is 7.12 Å². The van der Waals surface area contributed by atoms with Crippen LogP contribution in [-0.2, 0) is 14.7 Å². The molecule has 4 heteroatoms. The Bertz CT molecular complexity index is 1800. The number of benzene rings is 5. The lowest BCUT2D eigenvalue weighted by atomic mass is 9.64. The number of hydrogen-bond acceptors (Lipinski definition) is 3. The lowest BCUT2D eigenvalue weighted by molar-refractivity contribution is 0.00578. The first kappa shape index (κ1) is 23.1. The maximum Gasteiger partial charge on any atom is 0.494 e. The zero-order valence-corrected chi connectivity index (χ0v) is 22.6. The molecule has 2 aliphatic heterocycles. The number of fused-ring (bicyclic) bond motifs is 10. The molecule has 1 fully saturated rings. The van der Waals surface area contributed by atoms with Gasteiger partial charge in [-0.2, -0.15) is 0 Å². The molecule has 0 aromatic heterocycles. The molecule has 190 valence electrons. The fourth-order valence-corrected chi connectivity index (χ4v) is 6.73. The fraction of sp³-hybridized carbons (Fsp3) is 0.200. The van der Waals surface area contributed by atoms with E-state index in [1.165, 1.54) is 33.0 Å². The first-order chi connectivity index (χ1) is 18.8. The summed E-state index contributed by atoms with van der Waals surface area (Å²) in [6, 6.07) is 37.1. The number of para-hydroxylation sites is 1.